The van der Waals surface area contributed by atoms with Crippen molar-refractivity contribution in [2.75, 3.05) is 0 Å². The molecule has 0 aliphatic rings. The Hall–Kier alpha value is -1.04. The Labute approximate surface area is 89.2 Å². The van der Waals surface area contributed by atoms with Crippen LogP contribution in [0.4, 0.5) is 0 Å². The molecule has 0 amide bonds. The van der Waals surface area contributed by atoms with Crippen LogP contribution in [0.3, 0.4) is 0 Å². The average molecular weight is 257 g/mol. The molecule has 5 heteroatoms. The van der Waals surface area contributed by atoms with Gasteiger partial charge in [-0.2, -0.15) is 0 Å². The van der Waals surface area contributed by atoms with Crippen molar-refractivity contribution in [2.45, 2.75) is 6.04 Å². The molecule has 2 aromatic rings. The number of hydrogen-bond acceptors (Lipinski definition) is 4. The first kappa shape index (κ1) is 9.51. The van der Waals surface area contributed by atoms with Gasteiger partial charge in [0.2, 0.25) is 0 Å². The van der Waals surface area contributed by atoms with Crippen molar-refractivity contribution in [3.8, 4) is 0 Å². The van der Waals surface area contributed by atoms with Gasteiger partial charge in [0.1, 0.15) is 17.6 Å². The smallest absolute Gasteiger partial charge is 0.169 e. The normalized spacial score (nSPS) is 13.0. The van der Waals surface area contributed by atoms with Crippen LogP contribution < -0.4 is 11.3 Å². The van der Waals surface area contributed by atoms with Crippen LogP contribution in [0.1, 0.15) is 17.6 Å². The average Bonchev–Trinajstić information content (AvgIpc) is 2.79. The van der Waals surface area contributed by atoms with Crippen molar-refractivity contribution in [3.05, 3.63) is 46.7 Å². The topological polar surface area (TPSA) is 64.3 Å². The molecule has 1 unspecified atom stereocenters. The maximum atomic E-state index is 5.42. The molecular formula is C9H9BrN2O2. The summed E-state index contributed by atoms with van der Waals surface area (Å²) in [4.78, 5) is 0. The molecule has 0 fully saturated rings. The third-order valence-electron chi connectivity index (χ3n) is 1.87. The van der Waals surface area contributed by atoms with E-state index in [2.05, 4.69) is 21.4 Å². The molecule has 0 aliphatic carbocycles. The second kappa shape index (κ2) is 4.00. The molecule has 0 saturated heterocycles. The van der Waals surface area contributed by atoms with Gasteiger partial charge >= 0.3 is 0 Å². The molecule has 3 N–H and O–H groups in total. The summed E-state index contributed by atoms with van der Waals surface area (Å²) < 4.78 is 11.3. The van der Waals surface area contributed by atoms with Crippen molar-refractivity contribution in [2.24, 2.45) is 5.84 Å². The minimum absolute atomic E-state index is 0.253. The number of furan rings is 2. The zero-order chi connectivity index (χ0) is 9.97. The molecule has 4 nitrogen and oxygen atoms in total. The van der Waals surface area contributed by atoms with Crippen LogP contribution in [-0.2, 0) is 0 Å². The van der Waals surface area contributed by atoms with Gasteiger partial charge in [0.05, 0.1) is 6.26 Å². The van der Waals surface area contributed by atoms with Crippen molar-refractivity contribution in [1.82, 2.24) is 5.43 Å². The van der Waals surface area contributed by atoms with Gasteiger partial charge in [-0.05, 0) is 40.2 Å². The zero-order valence-electron chi connectivity index (χ0n) is 7.24. The summed E-state index contributed by atoms with van der Waals surface area (Å²) in [5.74, 6) is 6.84. The maximum absolute atomic E-state index is 5.42. The van der Waals surface area contributed by atoms with Crippen molar-refractivity contribution >= 4 is 15.9 Å². The minimum Gasteiger partial charge on any atom is -0.467 e. The van der Waals surface area contributed by atoms with E-state index in [0.29, 0.717) is 16.2 Å². The van der Waals surface area contributed by atoms with Crippen LogP contribution in [0.15, 0.2) is 44.0 Å². The van der Waals surface area contributed by atoms with E-state index in [1.807, 2.05) is 18.2 Å². The SMILES string of the molecule is NNC(c1ccco1)c1ccc(Br)o1. The lowest BCUT2D eigenvalue weighted by Crippen LogP contribution is -2.28. The van der Waals surface area contributed by atoms with Crippen LogP contribution in [-0.4, -0.2) is 0 Å². The number of rotatable bonds is 3. The highest BCUT2D eigenvalue weighted by atomic mass is 79.9. The van der Waals surface area contributed by atoms with Gasteiger partial charge in [-0.1, -0.05) is 0 Å². The van der Waals surface area contributed by atoms with E-state index in [4.69, 9.17) is 14.7 Å². The summed E-state index contributed by atoms with van der Waals surface area (Å²) in [6.45, 7) is 0. The highest BCUT2D eigenvalue weighted by Gasteiger charge is 2.18. The second-order valence-corrected chi connectivity index (χ2v) is 3.54. The van der Waals surface area contributed by atoms with Gasteiger partial charge in [0, 0.05) is 0 Å². The highest BCUT2D eigenvalue weighted by molar-refractivity contribution is 9.10. The summed E-state index contributed by atoms with van der Waals surface area (Å²) in [6.07, 6.45) is 1.59. The Morgan fingerprint density at radius 2 is 2.14 bits per heavy atom. The zero-order valence-corrected chi connectivity index (χ0v) is 8.82. The number of nitrogens with two attached hydrogens (primary N) is 1. The fraction of sp³-hybridized carbons (Fsp3) is 0.111. The van der Waals surface area contributed by atoms with E-state index in [1.165, 1.54) is 0 Å². The summed E-state index contributed by atoms with van der Waals surface area (Å²) in [5.41, 5.74) is 2.63. The highest BCUT2D eigenvalue weighted by Crippen LogP contribution is 2.25. The van der Waals surface area contributed by atoms with E-state index in [9.17, 15) is 0 Å². The van der Waals surface area contributed by atoms with Crippen LogP contribution in [0, 0.1) is 0 Å². The van der Waals surface area contributed by atoms with Gasteiger partial charge in [0.25, 0.3) is 0 Å². The monoisotopic (exact) mass is 256 g/mol. The van der Waals surface area contributed by atoms with Crippen molar-refractivity contribution in [1.29, 1.82) is 0 Å². The molecule has 14 heavy (non-hydrogen) atoms. The number of nitrogens with one attached hydrogen (secondary N) is 1. The minimum atomic E-state index is -0.253. The number of hydrogen-bond donors (Lipinski definition) is 2. The predicted molar refractivity (Wildman–Crippen MR) is 54.3 cm³/mol. The Kier molecular flexibility index (Phi) is 2.72. The van der Waals surface area contributed by atoms with E-state index in [-0.39, 0.29) is 6.04 Å². The van der Waals surface area contributed by atoms with Crippen molar-refractivity contribution < 1.29 is 8.83 Å². The molecule has 0 aliphatic heterocycles. The van der Waals surface area contributed by atoms with Gasteiger partial charge in [-0.3, -0.25) is 5.84 Å². The standard InChI is InChI=1S/C9H9BrN2O2/c10-8-4-3-7(14-8)9(12-11)6-2-1-5-13-6/h1-5,9,12H,11H2. The third kappa shape index (κ3) is 1.75. The summed E-state index contributed by atoms with van der Waals surface area (Å²) in [6, 6.07) is 7.02. The molecule has 74 valence electrons. The van der Waals surface area contributed by atoms with Gasteiger partial charge in [0.15, 0.2) is 4.67 Å². The molecule has 2 rings (SSSR count). The quantitative estimate of drug-likeness (QED) is 0.653. The Morgan fingerprint density at radius 3 is 2.64 bits per heavy atom. The molecule has 0 saturated carbocycles. The summed E-state index contributed by atoms with van der Waals surface area (Å²) in [7, 11) is 0. The van der Waals surface area contributed by atoms with Crippen LogP contribution in [0.25, 0.3) is 0 Å². The number of halogens is 1. The molecule has 0 bridgehead atoms. The lowest BCUT2D eigenvalue weighted by molar-refractivity contribution is 0.386. The molecule has 1 atom stereocenters. The molecule has 0 radical (unpaired) electrons. The van der Waals surface area contributed by atoms with E-state index in [1.54, 1.807) is 12.3 Å². The van der Waals surface area contributed by atoms with Gasteiger partial charge < -0.3 is 8.83 Å². The molecule has 2 heterocycles. The van der Waals surface area contributed by atoms with E-state index >= 15 is 0 Å². The molecule has 0 aromatic carbocycles. The fourth-order valence-electron chi connectivity index (χ4n) is 1.24. The van der Waals surface area contributed by atoms with Gasteiger partial charge in [-0.15, -0.1) is 0 Å². The van der Waals surface area contributed by atoms with Gasteiger partial charge in [-0.25, -0.2) is 5.43 Å². The van der Waals surface area contributed by atoms with E-state index < -0.39 is 0 Å². The predicted octanol–water partition coefficient (Wildman–Crippen LogP) is 2.19. The number of hydrazine groups is 1. The Balaban J connectivity index is 2.31. The second-order valence-electron chi connectivity index (χ2n) is 2.76. The molecule has 2 aromatic heterocycles. The van der Waals surface area contributed by atoms with Crippen LogP contribution in [0.2, 0.25) is 0 Å². The Bertz CT molecular complexity index is 397. The maximum Gasteiger partial charge on any atom is 0.169 e. The largest absolute Gasteiger partial charge is 0.467 e. The third-order valence-corrected chi connectivity index (χ3v) is 2.30. The van der Waals surface area contributed by atoms with E-state index in [0.717, 1.165) is 0 Å². The first-order valence-corrected chi connectivity index (χ1v) is 4.85. The molecule has 0 spiro atoms. The fourth-order valence-corrected chi connectivity index (χ4v) is 1.56. The lowest BCUT2D eigenvalue weighted by atomic mass is 10.2. The van der Waals surface area contributed by atoms with Crippen LogP contribution >= 0.6 is 15.9 Å². The lowest BCUT2D eigenvalue weighted by Gasteiger charge is -2.09. The van der Waals surface area contributed by atoms with Crippen LogP contribution in [0.5, 0.6) is 0 Å². The van der Waals surface area contributed by atoms with Crippen molar-refractivity contribution in [3.63, 3.8) is 0 Å². The summed E-state index contributed by atoms with van der Waals surface area (Å²) >= 11 is 3.23. The Morgan fingerprint density at radius 1 is 1.29 bits per heavy atom. The first-order chi connectivity index (χ1) is 6.81. The summed E-state index contributed by atoms with van der Waals surface area (Å²) in [5, 5.41) is 0. The first-order valence-electron chi connectivity index (χ1n) is 4.06. The molecular weight excluding hydrogens is 248 g/mol.